The lowest BCUT2D eigenvalue weighted by Gasteiger charge is -2.05. The standard InChI is InChI=1S/C16H8F2N2OS/c17-11-6-5-9(7-12(11)18)15(21)10(8-19)16-20-13-3-1-2-4-14(13)22-16/h1-7,10H/t10-/m1/s1. The number of thiazole rings is 1. The summed E-state index contributed by atoms with van der Waals surface area (Å²) in [6.45, 7) is 0. The summed E-state index contributed by atoms with van der Waals surface area (Å²) in [5.74, 6) is -3.89. The zero-order valence-corrected chi connectivity index (χ0v) is 11.9. The fourth-order valence-corrected chi connectivity index (χ4v) is 3.07. The van der Waals surface area contributed by atoms with Crippen molar-refractivity contribution in [2.75, 3.05) is 0 Å². The van der Waals surface area contributed by atoms with Gasteiger partial charge in [0, 0.05) is 5.56 Å². The van der Waals surface area contributed by atoms with Crippen LogP contribution in [0.25, 0.3) is 10.2 Å². The molecule has 0 bridgehead atoms. The molecule has 0 saturated carbocycles. The molecule has 0 aliphatic heterocycles. The van der Waals surface area contributed by atoms with Gasteiger partial charge in [-0.3, -0.25) is 4.79 Å². The number of ketones is 1. The first-order valence-corrected chi connectivity index (χ1v) is 7.16. The van der Waals surface area contributed by atoms with Crippen molar-refractivity contribution in [3.05, 3.63) is 64.7 Å². The van der Waals surface area contributed by atoms with Crippen molar-refractivity contribution in [2.45, 2.75) is 5.92 Å². The molecule has 0 saturated heterocycles. The van der Waals surface area contributed by atoms with Crippen molar-refractivity contribution in [3.63, 3.8) is 0 Å². The molecule has 1 atom stereocenters. The van der Waals surface area contributed by atoms with Crippen LogP contribution < -0.4 is 0 Å². The maximum absolute atomic E-state index is 13.3. The summed E-state index contributed by atoms with van der Waals surface area (Å²) in [5, 5.41) is 9.63. The normalized spacial score (nSPS) is 12.0. The molecule has 22 heavy (non-hydrogen) atoms. The van der Waals surface area contributed by atoms with E-state index in [1.807, 2.05) is 24.3 Å². The Balaban J connectivity index is 2.01. The van der Waals surface area contributed by atoms with E-state index in [1.165, 1.54) is 17.4 Å². The minimum Gasteiger partial charge on any atom is -0.292 e. The Kier molecular flexibility index (Phi) is 3.65. The van der Waals surface area contributed by atoms with Gasteiger partial charge < -0.3 is 0 Å². The molecule has 0 aliphatic carbocycles. The zero-order valence-electron chi connectivity index (χ0n) is 11.1. The third kappa shape index (κ3) is 2.47. The largest absolute Gasteiger partial charge is 0.292 e. The Hall–Kier alpha value is -2.65. The second-order valence-corrected chi connectivity index (χ2v) is 5.64. The van der Waals surface area contributed by atoms with Crippen LogP contribution in [0, 0.1) is 23.0 Å². The number of nitrogens with zero attached hydrogens (tertiary/aromatic N) is 2. The summed E-state index contributed by atoms with van der Waals surface area (Å²) < 4.78 is 27.1. The molecule has 1 aromatic heterocycles. The number of Topliss-reactive ketones (excluding diaryl/α,β-unsaturated/α-hetero) is 1. The van der Waals surface area contributed by atoms with Crippen LogP contribution in [0.5, 0.6) is 0 Å². The van der Waals surface area contributed by atoms with E-state index in [4.69, 9.17) is 0 Å². The number of carbonyl (C=O) groups is 1. The van der Waals surface area contributed by atoms with E-state index < -0.39 is 23.3 Å². The van der Waals surface area contributed by atoms with Gasteiger partial charge in [0.25, 0.3) is 0 Å². The molecular weight excluding hydrogens is 306 g/mol. The van der Waals surface area contributed by atoms with Crippen molar-refractivity contribution in [2.24, 2.45) is 0 Å². The molecular formula is C16H8F2N2OS. The third-order valence-corrected chi connectivity index (χ3v) is 4.25. The lowest BCUT2D eigenvalue weighted by atomic mass is 9.99. The molecule has 0 unspecified atom stereocenters. The van der Waals surface area contributed by atoms with Gasteiger partial charge in [-0.15, -0.1) is 11.3 Å². The Labute approximate surface area is 128 Å². The summed E-state index contributed by atoms with van der Waals surface area (Å²) in [4.78, 5) is 16.6. The fourth-order valence-electron chi connectivity index (χ4n) is 2.06. The first kappa shape index (κ1) is 14.3. The van der Waals surface area contributed by atoms with Crippen LogP contribution in [0.15, 0.2) is 42.5 Å². The average molecular weight is 314 g/mol. The molecule has 108 valence electrons. The number of benzene rings is 2. The maximum Gasteiger partial charge on any atom is 0.187 e. The summed E-state index contributed by atoms with van der Waals surface area (Å²) >= 11 is 1.24. The highest BCUT2D eigenvalue weighted by Crippen LogP contribution is 2.29. The molecule has 0 N–H and O–H groups in total. The van der Waals surface area contributed by atoms with Gasteiger partial charge in [0.2, 0.25) is 0 Å². The van der Waals surface area contributed by atoms with Gasteiger partial charge in [0.05, 0.1) is 16.3 Å². The molecule has 0 spiro atoms. The molecule has 6 heteroatoms. The Morgan fingerprint density at radius 1 is 1.18 bits per heavy atom. The van der Waals surface area contributed by atoms with E-state index in [0.717, 1.165) is 16.8 Å². The van der Waals surface area contributed by atoms with Crippen LogP contribution in [-0.4, -0.2) is 10.8 Å². The van der Waals surface area contributed by atoms with Crippen molar-refractivity contribution < 1.29 is 13.6 Å². The van der Waals surface area contributed by atoms with Crippen LogP contribution in [0.3, 0.4) is 0 Å². The smallest absolute Gasteiger partial charge is 0.187 e. The molecule has 0 radical (unpaired) electrons. The second kappa shape index (κ2) is 5.62. The predicted molar refractivity (Wildman–Crippen MR) is 78.7 cm³/mol. The Bertz CT molecular complexity index is 881. The molecule has 0 aliphatic rings. The first-order valence-electron chi connectivity index (χ1n) is 6.34. The van der Waals surface area contributed by atoms with Crippen LogP contribution >= 0.6 is 11.3 Å². The number of carbonyl (C=O) groups excluding carboxylic acids is 1. The third-order valence-electron chi connectivity index (χ3n) is 3.15. The number of rotatable bonds is 3. The lowest BCUT2D eigenvalue weighted by Crippen LogP contribution is -2.11. The fraction of sp³-hybridized carbons (Fsp3) is 0.0625. The molecule has 2 aromatic carbocycles. The Morgan fingerprint density at radius 2 is 1.95 bits per heavy atom. The molecule has 3 rings (SSSR count). The summed E-state index contributed by atoms with van der Waals surface area (Å²) in [7, 11) is 0. The van der Waals surface area contributed by atoms with Crippen molar-refractivity contribution in [1.29, 1.82) is 5.26 Å². The lowest BCUT2D eigenvalue weighted by molar-refractivity contribution is 0.0978. The Morgan fingerprint density at radius 3 is 2.64 bits per heavy atom. The number of hydrogen-bond acceptors (Lipinski definition) is 4. The van der Waals surface area contributed by atoms with E-state index in [-0.39, 0.29) is 5.56 Å². The van der Waals surface area contributed by atoms with Crippen molar-refractivity contribution in [3.8, 4) is 6.07 Å². The van der Waals surface area contributed by atoms with Gasteiger partial charge >= 0.3 is 0 Å². The number of hydrogen-bond donors (Lipinski definition) is 0. The highest BCUT2D eigenvalue weighted by atomic mass is 32.1. The highest BCUT2D eigenvalue weighted by Gasteiger charge is 2.26. The van der Waals surface area contributed by atoms with E-state index in [9.17, 15) is 18.8 Å². The van der Waals surface area contributed by atoms with E-state index in [1.54, 1.807) is 6.07 Å². The first-order chi connectivity index (χ1) is 10.6. The highest BCUT2D eigenvalue weighted by molar-refractivity contribution is 7.18. The predicted octanol–water partition coefficient (Wildman–Crippen LogP) is 4.06. The van der Waals surface area contributed by atoms with E-state index in [0.29, 0.717) is 10.5 Å². The van der Waals surface area contributed by atoms with Crippen LogP contribution in [0.4, 0.5) is 8.78 Å². The summed E-state index contributed by atoms with van der Waals surface area (Å²) in [5.41, 5.74) is 0.644. The van der Waals surface area contributed by atoms with Gasteiger partial charge in [-0.1, -0.05) is 12.1 Å². The summed E-state index contributed by atoms with van der Waals surface area (Å²) in [6.07, 6.45) is 0. The van der Waals surface area contributed by atoms with Gasteiger partial charge in [-0.05, 0) is 30.3 Å². The SMILES string of the molecule is N#C[C@H](C(=O)c1ccc(F)c(F)c1)c1nc2ccccc2s1. The molecule has 0 fully saturated rings. The van der Waals surface area contributed by atoms with Crippen LogP contribution in [-0.2, 0) is 0 Å². The van der Waals surface area contributed by atoms with Gasteiger partial charge in [-0.2, -0.15) is 5.26 Å². The molecule has 3 aromatic rings. The molecule has 0 amide bonds. The maximum atomic E-state index is 13.3. The van der Waals surface area contributed by atoms with Gasteiger partial charge in [0.1, 0.15) is 5.01 Å². The number of fused-ring (bicyclic) bond motifs is 1. The van der Waals surface area contributed by atoms with Gasteiger partial charge in [-0.25, -0.2) is 13.8 Å². The minimum atomic E-state index is -1.14. The van der Waals surface area contributed by atoms with Crippen LogP contribution in [0.2, 0.25) is 0 Å². The molecule has 1 heterocycles. The van der Waals surface area contributed by atoms with E-state index >= 15 is 0 Å². The average Bonchev–Trinajstić information content (AvgIpc) is 2.94. The number of halogens is 2. The number of aromatic nitrogens is 1. The van der Waals surface area contributed by atoms with Crippen LogP contribution in [0.1, 0.15) is 21.3 Å². The molecule has 3 nitrogen and oxygen atoms in total. The topological polar surface area (TPSA) is 53.8 Å². The monoisotopic (exact) mass is 314 g/mol. The van der Waals surface area contributed by atoms with Crippen molar-refractivity contribution >= 4 is 27.3 Å². The summed E-state index contributed by atoms with van der Waals surface area (Å²) in [6, 6.07) is 12.0. The van der Waals surface area contributed by atoms with Crippen molar-refractivity contribution in [1.82, 2.24) is 4.98 Å². The number of para-hydroxylation sites is 1. The zero-order chi connectivity index (χ0) is 15.7. The second-order valence-electron chi connectivity index (χ2n) is 4.58. The number of nitriles is 1. The van der Waals surface area contributed by atoms with E-state index in [2.05, 4.69) is 4.98 Å². The minimum absolute atomic E-state index is 0.0512. The quantitative estimate of drug-likeness (QED) is 0.685. The van der Waals surface area contributed by atoms with Gasteiger partial charge in [0.15, 0.2) is 23.3 Å².